The molecule has 1 atom stereocenters. The summed E-state index contributed by atoms with van der Waals surface area (Å²) in [6, 6.07) is 12.7. The second kappa shape index (κ2) is 7.17. The lowest BCUT2D eigenvalue weighted by molar-refractivity contribution is 0.0764. The van der Waals surface area contributed by atoms with Crippen LogP contribution in [0.4, 0.5) is 0 Å². The van der Waals surface area contributed by atoms with Crippen LogP contribution in [0.1, 0.15) is 40.1 Å². The summed E-state index contributed by atoms with van der Waals surface area (Å²) in [5.41, 5.74) is 4.40. The number of hydrogen-bond acceptors (Lipinski definition) is 3. The predicted molar refractivity (Wildman–Crippen MR) is 110 cm³/mol. The van der Waals surface area contributed by atoms with Crippen LogP contribution in [-0.4, -0.2) is 32.7 Å². The average molecular weight is 394 g/mol. The Morgan fingerprint density at radius 3 is 2.71 bits per heavy atom. The molecule has 0 spiro atoms. The minimum Gasteiger partial charge on any atom is -0.507 e. The minimum absolute atomic E-state index is 0.0633. The van der Waals surface area contributed by atoms with Crippen LogP contribution in [0.25, 0.3) is 11.3 Å². The van der Waals surface area contributed by atoms with E-state index in [9.17, 15) is 9.90 Å². The minimum atomic E-state index is -0.321. The molecule has 2 N–H and O–H groups in total. The number of rotatable bonds is 5. The second-order valence-corrected chi connectivity index (χ2v) is 7.20. The summed E-state index contributed by atoms with van der Waals surface area (Å²) < 4.78 is 0. The van der Waals surface area contributed by atoms with Gasteiger partial charge in [0.2, 0.25) is 0 Å². The Hall–Kier alpha value is -3.05. The van der Waals surface area contributed by atoms with Gasteiger partial charge in [0.05, 0.1) is 6.04 Å². The normalized spacial score (nSPS) is 15.7. The fraction of sp³-hybridized carbons (Fsp3) is 0.182. The molecule has 3 aromatic rings. The lowest BCUT2D eigenvalue weighted by Gasteiger charge is -2.25. The molecule has 1 amide bonds. The zero-order valence-electron chi connectivity index (χ0n) is 15.4. The molecular weight excluding hydrogens is 374 g/mol. The number of hydrogen-bond donors (Lipinski definition) is 2. The summed E-state index contributed by atoms with van der Waals surface area (Å²) >= 11 is 6.14. The van der Waals surface area contributed by atoms with E-state index in [1.165, 1.54) is 11.6 Å². The summed E-state index contributed by atoms with van der Waals surface area (Å²) in [7, 11) is 0. The van der Waals surface area contributed by atoms with Crippen molar-refractivity contribution in [1.29, 1.82) is 0 Å². The van der Waals surface area contributed by atoms with Crippen LogP contribution >= 0.6 is 11.6 Å². The van der Waals surface area contributed by atoms with Crippen molar-refractivity contribution in [1.82, 2.24) is 15.1 Å². The summed E-state index contributed by atoms with van der Waals surface area (Å²) in [4.78, 5) is 14.8. The highest BCUT2D eigenvalue weighted by Crippen LogP contribution is 2.44. The van der Waals surface area contributed by atoms with Crippen LogP contribution in [0.15, 0.2) is 55.1 Å². The van der Waals surface area contributed by atoms with E-state index in [-0.39, 0.29) is 17.7 Å². The summed E-state index contributed by atoms with van der Waals surface area (Å²) in [5, 5.41) is 18.1. The molecular formula is C22H20ClN3O2. The van der Waals surface area contributed by atoms with Crippen LogP contribution in [0.3, 0.4) is 0 Å². The van der Waals surface area contributed by atoms with E-state index in [2.05, 4.69) is 35.8 Å². The maximum absolute atomic E-state index is 13.0. The number of amides is 1. The Kier molecular flexibility index (Phi) is 4.69. The highest BCUT2D eigenvalue weighted by Gasteiger charge is 2.41. The van der Waals surface area contributed by atoms with Crippen molar-refractivity contribution < 1.29 is 9.90 Å². The smallest absolute Gasteiger partial charge is 0.273 e. The van der Waals surface area contributed by atoms with Gasteiger partial charge in [0.25, 0.3) is 5.91 Å². The monoisotopic (exact) mass is 393 g/mol. The first-order chi connectivity index (χ1) is 13.5. The highest BCUT2D eigenvalue weighted by molar-refractivity contribution is 6.31. The Labute approximate surface area is 168 Å². The van der Waals surface area contributed by atoms with Crippen molar-refractivity contribution in [2.45, 2.75) is 19.4 Å². The number of nitrogens with zero attached hydrogens (tertiary/aromatic N) is 2. The summed E-state index contributed by atoms with van der Waals surface area (Å²) in [5.74, 6) is -0.0758. The number of aromatic amines is 1. The molecule has 1 aliphatic heterocycles. The zero-order valence-corrected chi connectivity index (χ0v) is 16.2. The topological polar surface area (TPSA) is 69.2 Å². The number of carbonyl (C=O) groups is 1. The molecule has 28 heavy (non-hydrogen) atoms. The molecule has 0 saturated carbocycles. The highest BCUT2D eigenvalue weighted by atomic mass is 35.5. The third-order valence-corrected chi connectivity index (χ3v) is 5.34. The van der Waals surface area contributed by atoms with Crippen molar-refractivity contribution in [3.8, 4) is 17.0 Å². The summed E-state index contributed by atoms with van der Waals surface area (Å²) in [6.07, 6.45) is 2.65. The number of benzene rings is 2. The van der Waals surface area contributed by atoms with Crippen molar-refractivity contribution in [2.75, 3.05) is 6.54 Å². The van der Waals surface area contributed by atoms with E-state index in [1.54, 1.807) is 23.1 Å². The van der Waals surface area contributed by atoms with Gasteiger partial charge in [0.1, 0.15) is 17.1 Å². The van der Waals surface area contributed by atoms with Crippen molar-refractivity contribution >= 4 is 17.5 Å². The van der Waals surface area contributed by atoms with Crippen molar-refractivity contribution in [3.05, 3.63) is 82.5 Å². The fourth-order valence-electron chi connectivity index (χ4n) is 3.71. The van der Waals surface area contributed by atoms with Gasteiger partial charge in [-0.05, 0) is 35.7 Å². The van der Waals surface area contributed by atoms with Crippen LogP contribution in [0, 0.1) is 0 Å². The largest absolute Gasteiger partial charge is 0.507 e. The number of fused-ring (bicyclic) bond motifs is 1. The van der Waals surface area contributed by atoms with E-state index in [0.717, 1.165) is 17.5 Å². The first-order valence-electron chi connectivity index (χ1n) is 9.13. The standard InChI is InChI=1S/C22H20ClN3O2/c1-3-11-26-21(14-7-5-13(4-2)6-8-14)18-19(24-25-20(18)22(26)28)16-12-15(23)9-10-17(16)27/h3,5-10,12,21,27H,1,4,11H2,2H3,(H,24,25). The molecule has 0 aliphatic carbocycles. The maximum atomic E-state index is 13.0. The first kappa shape index (κ1) is 18.3. The average Bonchev–Trinajstić information content (AvgIpc) is 3.24. The molecule has 1 aliphatic rings. The Bertz CT molecular complexity index is 1060. The van der Waals surface area contributed by atoms with Gasteiger partial charge in [0.15, 0.2) is 0 Å². The second-order valence-electron chi connectivity index (χ2n) is 6.77. The lowest BCUT2D eigenvalue weighted by Crippen LogP contribution is -2.29. The van der Waals surface area contributed by atoms with E-state index in [0.29, 0.717) is 28.5 Å². The molecule has 0 radical (unpaired) electrons. The van der Waals surface area contributed by atoms with Crippen molar-refractivity contribution in [3.63, 3.8) is 0 Å². The number of carbonyl (C=O) groups excluding carboxylic acids is 1. The van der Waals surface area contributed by atoms with Crippen molar-refractivity contribution in [2.24, 2.45) is 0 Å². The van der Waals surface area contributed by atoms with Gasteiger partial charge in [0, 0.05) is 22.7 Å². The molecule has 2 aromatic carbocycles. The van der Waals surface area contributed by atoms with E-state index < -0.39 is 0 Å². The third-order valence-electron chi connectivity index (χ3n) is 5.11. The van der Waals surface area contributed by atoms with E-state index in [1.807, 2.05) is 12.1 Å². The quantitative estimate of drug-likeness (QED) is 0.616. The molecule has 1 unspecified atom stereocenters. The number of phenolic OH excluding ortho intramolecular Hbond substituents is 1. The third kappa shape index (κ3) is 2.88. The molecule has 2 heterocycles. The molecule has 5 nitrogen and oxygen atoms in total. The van der Waals surface area contributed by atoms with Gasteiger partial charge in [-0.1, -0.05) is 48.9 Å². The van der Waals surface area contributed by atoms with Gasteiger partial charge in [-0.15, -0.1) is 6.58 Å². The molecule has 0 saturated heterocycles. The number of phenols is 1. The number of nitrogens with one attached hydrogen (secondary N) is 1. The number of aryl methyl sites for hydroxylation is 1. The number of H-pyrrole nitrogens is 1. The van der Waals surface area contributed by atoms with Gasteiger partial charge >= 0.3 is 0 Å². The molecule has 4 rings (SSSR count). The van der Waals surface area contributed by atoms with Crippen LogP contribution in [0.2, 0.25) is 5.02 Å². The van der Waals surface area contributed by atoms with Gasteiger partial charge in [-0.3, -0.25) is 9.89 Å². The zero-order chi connectivity index (χ0) is 19.8. The maximum Gasteiger partial charge on any atom is 0.273 e. The number of aromatic nitrogens is 2. The van der Waals surface area contributed by atoms with Crippen LogP contribution < -0.4 is 0 Å². The van der Waals surface area contributed by atoms with Crippen LogP contribution in [0.5, 0.6) is 5.75 Å². The van der Waals surface area contributed by atoms with Gasteiger partial charge in [-0.2, -0.15) is 5.10 Å². The van der Waals surface area contributed by atoms with Gasteiger partial charge < -0.3 is 10.0 Å². The predicted octanol–water partition coefficient (Wildman–Crippen LogP) is 4.73. The molecule has 1 aromatic heterocycles. The Morgan fingerprint density at radius 2 is 2.04 bits per heavy atom. The molecule has 0 bridgehead atoms. The van der Waals surface area contributed by atoms with E-state index >= 15 is 0 Å². The summed E-state index contributed by atoms with van der Waals surface area (Å²) in [6.45, 7) is 6.30. The van der Waals surface area contributed by atoms with E-state index in [4.69, 9.17) is 11.6 Å². The molecule has 142 valence electrons. The Morgan fingerprint density at radius 1 is 1.29 bits per heavy atom. The SMILES string of the molecule is C=CCN1C(=O)c2[nH]nc(-c3cc(Cl)ccc3O)c2C1c1ccc(CC)cc1. The molecule has 6 heteroatoms. The number of halogens is 1. The van der Waals surface area contributed by atoms with Gasteiger partial charge in [-0.25, -0.2) is 0 Å². The number of aromatic hydroxyl groups is 1. The Balaban J connectivity index is 1.91. The fourth-order valence-corrected chi connectivity index (χ4v) is 3.88. The lowest BCUT2D eigenvalue weighted by atomic mass is 9.95. The molecule has 0 fully saturated rings. The van der Waals surface area contributed by atoms with Crippen LogP contribution in [-0.2, 0) is 6.42 Å². The first-order valence-corrected chi connectivity index (χ1v) is 9.50.